The highest BCUT2D eigenvalue weighted by molar-refractivity contribution is 5.75. The van der Waals surface area contributed by atoms with Crippen molar-refractivity contribution in [3.8, 4) is 0 Å². The first kappa shape index (κ1) is 22.7. The van der Waals surface area contributed by atoms with Gasteiger partial charge >= 0.3 is 6.18 Å². The lowest BCUT2D eigenvalue weighted by atomic mass is 10.0. The molecule has 0 saturated carbocycles. The Balaban J connectivity index is 2.06. The van der Waals surface area contributed by atoms with Crippen molar-refractivity contribution < 1.29 is 18.0 Å². The Hall–Kier alpha value is -2.61. The summed E-state index contributed by atoms with van der Waals surface area (Å²) in [6.07, 6.45) is -2.84. The van der Waals surface area contributed by atoms with Crippen LogP contribution < -0.4 is 10.9 Å². The van der Waals surface area contributed by atoms with E-state index in [-0.39, 0.29) is 6.04 Å². The van der Waals surface area contributed by atoms with Crippen LogP contribution in [0.25, 0.3) is 0 Å². The quantitative estimate of drug-likeness (QED) is 0.693. The number of hydrogen-bond donors (Lipinski definition) is 1. The third-order valence-corrected chi connectivity index (χ3v) is 4.82. The lowest BCUT2D eigenvalue weighted by Gasteiger charge is -2.30. The van der Waals surface area contributed by atoms with E-state index in [9.17, 15) is 22.8 Å². The van der Waals surface area contributed by atoms with Crippen LogP contribution >= 0.6 is 0 Å². The number of alkyl halides is 3. The predicted molar refractivity (Wildman–Crippen MR) is 106 cm³/mol. The van der Waals surface area contributed by atoms with Crippen molar-refractivity contribution in [3.63, 3.8) is 0 Å². The van der Waals surface area contributed by atoms with E-state index in [0.717, 1.165) is 35.7 Å². The second-order valence-corrected chi connectivity index (χ2v) is 6.72. The third-order valence-electron chi connectivity index (χ3n) is 4.82. The van der Waals surface area contributed by atoms with Gasteiger partial charge in [-0.15, -0.1) is 0 Å². The molecule has 8 heteroatoms. The predicted octanol–water partition coefficient (Wildman–Crippen LogP) is 2.94. The molecule has 5 nitrogen and oxygen atoms in total. The van der Waals surface area contributed by atoms with E-state index in [1.807, 2.05) is 44.2 Å². The molecular formula is C21H26F3N3O2. The molecule has 2 rings (SSSR count). The highest BCUT2D eigenvalue weighted by Crippen LogP contribution is 2.25. The fourth-order valence-electron chi connectivity index (χ4n) is 3.28. The summed E-state index contributed by atoms with van der Waals surface area (Å²) in [5, 5.41) is 2.76. The fraction of sp³-hybridized carbons (Fsp3) is 0.429. The average Bonchev–Trinajstić information content (AvgIpc) is 2.68. The van der Waals surface area contributed by atoms with Crippen LogP contribution in [-0.2, 0) is 23.9 Å². The van der Waals surface area contributed by atoms with Crippen LogP contribution in [0.1, 0.15) is 25.0 Å². The summed E-state index contributed by atoms with van der Waals surface area (Å²) in [4.78, 5) is 26.5. The Morgan fingerprint density at radius 3 is 2.34 bits per heavy atom. The Morgan fingerprint density at radius 1 is 1.10 bits per heavy atom. The number of pyridine rings is 1. The van der Waals surface area contributed by atoms with Crippen LogP contribution in [0.4, 0.5) is 13.2 Å². The van der Waals surface area contributed by atoms with Crippen LogP contribution in [0, 0.1) is 0 Å². The molecule has 1 amide bonds. The van der Waals surface area contributed by atoms with Gasteiger partial charge in [-0.1, -0.05) is 44.2 Å². The van der Waals surface area contributed by atoms with E-state index in [4.69, 9.17) is 0 Å². The van der Waals surface area contributed by atoms with Crippen molar-refractivity contribution in [3.05, 3.63) is 70.1 Å². The summed E-state index contributed by atoms with van der Waals surface area (Å²) >= 11 is 0. The van der Waals surface area contributed by atoms with Gasteiger partial charge in [-0.3, -0.25) is 14.5 Å². The molecule has 158 valence electrons. The molecule has 29 heavy (non-hydrogen) atoms. The molecule has 0 saturated heterocycles. The first-order valence-electron chi connectivity index (χ1n) is 9.57. The molecule has 1 unspecified atom stereocenters. The van der Waals surface area contributed by atoms with Crippen molar-refractivity contribution in [1.29, 1.82) is 0 Å². The standard InChI is InChI=1S/C21H26F3N3O2/c1-3-26(4-2)17(13-16-9-6-5-7-10-16)14-25-19(28)15-27-12-8-11-18(20(27)29)21(22,23)24/h5-12,17H,3-4,13-15H2,1-2H3,(H,25,28). The van der Waals surface area contributed by atoms with Crippen molar-refractivity contribution in [1.82, 2.24) is 14.8 Å². The molecule has 0 aliphatic heterocycles. The molecule has 0 aliphatic carbocycles. The van der Waals surface area contributed by atoms with Gasteiger partial charge in [-0.05, 0) is 37.2 Å². The number of nitrogens with one attached hydrogen (secondary N) is 1. The molecule has 1 aromatic carbocycles. The van der Waals surface area contributed by atoms with Gasteiger partial charge in [0, 0.05) is 18.8 Å². The number of amides is 1. The Labute approximate surface area is 168 Å². The Kier molecular flexibility index (Phi) is 8.01. The zero-order valence-corrected chi connectivity index (χ0v) is 16.6. The average molecular weight is 409 g/mol. The maximum atomic E-state index is 12.9. The summed E-state index contributed by atoms with van der Waals surface area (Å²) in [6, 6.07) is 11.7. The summed E-state index contributed by atoms with van der Waals surface area (Å²) in [5.41, 5.74) is -1.37. The molecule has 1 N–H and O–H groups in total. The lowest BCUT2D eigenvalue weighted by Crippen LogP contribution is -2.46. The minimum absolute atomic E-state index is 0.0366. The van der Waals surface area contributed by atoms with E-state index in [1.165, 1.54) is 6.20 Å². The molecular weight excluding hydrogens is 383 g/mol. The SMILES string of the molecule is CCN(CC)C(CNC(=O)Cn1cccc(C(F)(F)F)c1=O)Cc1ccccc1. The van der Waals surface area contributed by atoms with E-state index in [0.29, 0.717) is 12.6 Å². The zero-order chi connectivity index (χ0) is 21.4. The molecule has 0 aliphatic rings. The Morgan fingerprint density at radius 2 is 1.76 bits per heavy atom. The van der Waals surface area contributed by atoms with Crippen LogP contribution in [0.2, 0.25) is 0 Å². The topological polar surface area (TPSA) is 54.3 Å². The van der Waals surface area contributed by atoms with Crippen molar-refractivity contribution in [2.75, 3.05) is 19.6 Å². The summed E-state index contributed by atoms with van der Waals surface area (Å²) in [5.74, 6) is -0.503. The van der Waals surface area contributed by atoms with Crippen molar-refractivity contribution in [2.45, 2.75) is 39.0 Å². The van der Waals surface area contributed by atoms with Crippen LogP contribution in [0.15, 0.2) is 53.5 Å². The smallest absolute Gasteiger partial charge is 0.353 e. The zero-order valence-electron chi connectivity index (χ0n) is 16.6. The van der Waals surface area contributed by atoms with E-state index < -0.39 is 29.8 Å². The number of benzene rings is 1. The monoisotopic (exact) mass is 409 g/mol. The summed E-state index contributed by atoms with van der Waals surface area (Å²) in [6.45, 7) is 5.55. The highest BCUT2D eigenvalue weighted by Gasteiger charge is 2.34. The number of carbonyl (C=O) groups is 1. The minimum Gasteiger partial charge on any atom is -0.353 e. The largest absolute Gasteiger partial charge is 0.421 e. The minimum atomic E-state index is -4.75. The van der Waals surface area contributed by atoms with Gasteiger partial charge in [0.1, 0.15) is 12.1 Å². The number of rotatable bonds is 9. The second-order valence-electron chi connectivity index (χ2n) is 6.72. The summed E-state index contributed by atoms with van der Waals surface area (Å²) in [7, 11) is 0. The highest BCUT2D eigenvalue weighted by atomic mass is 19.4. The number of halogens is 3. The van der Waals surface area contributed by atoms with Crippen LogP contribution in [0.3, 0.4) is 0 Å². The third kappa shape index (κ3) is 6.45. The van der Waals surface area contributed by atoms with E-state index >= 15 is 0 Å². The first-order chi connectivity index (χ1) is 13.8. The van der Waals surface area contributed by atoms with Gasteiger partial charge in [0.15, 0.2) is 0 Å². The maximum Gasteiger partial charge on any atom is 0.421 e. The van der Waals surface area contributed by atoms with Crippen molar-refractivity contribution >= 4 is 5.91 Å². The molecule has 2 aromatic rings. The van der Waals surface area contributed by atoms with Gasteiger partial charge < -0.3 is 9.88 Å². The van der Waals surface area contributed by atoms with Crippen molar-refractivity contribution in [2.24, 2.45) is 0 Å². The van der Waals surface area contributed by atoms with Gasteiger partial charge in [0.25, 0.3) is 5.56 Å². The fourth-order valence-corrected chi connectivity index (χ4v) is 3.28. The normalized spacial score (nSPS) is 12.8. The molecule has 0 spiro atoms. The number of nitrogens with zero attached hydrogens (tertiary/aromatic N) is 2. The maximum absolute atomic E-state index is 12.9. The molecule has 1 heterocycles. The van der Waals surface area contributed by atoms with E-state index in [1.54, 1.807) is 0 Å². The van der Waals surface area contributed by atoms with E-state index in [2.05, 4.69) is 10.2 Å². The van der Waals surface area contributed by atoms with Gasteiger partial charge in [-0.2, -0.15) is 13.2 Å². The van der Waals surface area contributed by atoms with Gasteiger partial charge in [0.2, 0.25) is 5.91 Å². The molecule has 1 atom stereocenters. The second kappa shape index (κ2) is 10.2. The number of hydrogen-bond acceptors (Lipinski definition) is 3. The van der Waals surface area contributed by atoms with Gasteiger partial charge in [-0.25, -0.2) is 0 Å². The molecule has 0 fully saturated rings. The first-order valence-corrected chi connectivity index (χ1v) is 9.57. The van der Waals surface area contributed by atoms with Crippen LogP contribution in [-0.4, -0.2) is 41.1 Å². The number of likely N-dealkylation sites (N-methyl/N-ethyl adjacent to an activating group) is 1. The van der Waals surface area contributed by atoms with Crippen LogP contribution in [0.5, 0.6) is 0 Å². The lowest BCUT2D eigenvalue weighted by molar-refractivity contribution is -0.139. The number of carbonyl (C=O) groups excluding carboxylic acids is 1. The summed E-state index contributed by atoms with van der Waals surface area (Å²) < 4.78 is 39.4. The molecule has 0 bridgehead atoms. The Bertz CT molecular complexity index is 846. The molecule has 0 radical (unpaired) electrons. The number of aromatic nitrogens is 1. The van der Waals surface area contributed by atoms with Gasteiger partial charge in [0.05, 0.1) is 0 Å². The molecule has 1 aromatic heterocycles.